The zero-order valence-electron chi connectivity index (χ0n) is 19.4. The Balaban J connectivity index is 1.58. The summed E-state index contributed by atoms with van der Waals surface area (Å²) < 4.78 is 51.1. The number of hydrogen-bond donors (Lipinski definition) is 4. The van der Waals surface area contributed by atoms with Crippen LogP contribution in [0.3, 0.4) is 0 Å². The molecule has 0 radical (unpaired) electrons. The predicted octanol–water partition coefficient (Wildman–Crippen LogP) is 3.42. The largest absolute Gasteiger partial charge is 0.335 e. The highest BCUT2D eigenvalue weighted by Gasteiger charge is 2.30. The molecule has 198 valence electrons. The molecule has 37 heavy (non-hydrogen) atoms. The molecule has 2 heterocycles. The van der Waals surface area contributed by atoms with Crippen molar-refractivity contribution in [2.24, 2.45) is 5.92 Å². The molecule has 1 aliphatic rings. The molecule has 0 aliphatic heterocycles. The fraction of sp³-hybridized carbons (Fsp3) is 0.333. The van der Waals surface area contributed by atoms with Crippen molar-refractivity contribution in [1.82, 2.24) is 19.7 Å². The lowest BCUT2D eigenvalue weighted by molar-refractivity contribution is 0.0923. The van der Waals surface area contributed by atoms with Gasteiger partial charge in [0.05, 0.1) is 24.2 Å². The lowest BCUT2D eigenvalue weighted by Crippen LogP contribution is -2.23. The van der Waals surface area contributed by atoms with Gasteiger partial charge in [0.15, 0.2) is 15.1 Å². The number of anilines is 2. The van der Waals surface area contributed by atoms with Crippen LogP contribution >= 0.6 is 22.9 Å². The number of amides is 2. The molecule has 0 bridgehead atoms. The third-order valence-electron chi connectivity index (χ3n) is 5.58. The molecule has 4 rings (SSSR count). The van der Waals surface area contributed by atoms with Crippen LogP contribution in [0.5, 0.6) is 0 Å². The molecular weight excluding hydrogens is 564 g/mol. The molecule has 1 aliphatic carbocycles. The Kier molecular flexibility index (Phi) is 7.99. The van der Waals surface area contributed by atoms with Crippen LogP contribution in [-0.2, 0) is 26.4 Å². The number of Topliss-reactive ketones (excluding diaryl/α,β-unsaturated/α-hetero) is 1. The second-order valence-electron chi connectivity index (χ2n) is 8.36. The van der Waals surface area contributed by atoms with Gasteiger partial charge in [0.25, 0.3) is 9.84 Å². The minimum atomic E-state index is -4.18. The van der Waals surface area contributed by atoms with Gasteiger partial charge in [0.2, 0.25) is 15.2 Å². The van der Waals surface area contributed by atoms with Crippen molar-refractivity contribution < 1.29 is 26.4 Å². The number of hydrogen-bond acceptors (Lipinski definition) is 9. The highest BCUT2D eigenvalue weighted by Crippen LogP contribution is 2.33. The Bertz CT molecular complexity index is 1530. The number of halogens is 1. The number of carbonyl (C=O) groups is 2. The average molecular weight is 587 g/mol. The molecule has 0 atom stereocenters. The summed E-state index contributed by atoms with van der Waals surface area (Å²) in [5.41, 5.74) is 0.413. The normalized spacial score (nSPS) is 14.5. The molecule has 0 saturated heterocycles. The van der Waals surface area contributed by atoms with Gasteiger partial charge in [-0.3, -0.25) is 10.1 Å². The van der Waals surface area contributed by atoms with E-state index in [0.717, 1.165) is 31.9 Å². The molecule has 2 amide bonds. The fourth-order valence-electron chi connectivity index (χ4n) is 3.89. The van der Waals surface area contributed by atoms with Crippen molar-refractivity contribution in [1.29, 1.82) is 0 Å². The van der Waals surface area contributed by atoms with E-state index < -0.39 is 32.4 Å². The minimum Gasteiger partial charge on any atom is -0.335 e. The van der Waals surface area contributed by atoms with E-state index in [4.69, 9.17) is 11.6 Å². The Hall–Kier alpha value is -2.85. The fourth-order valence-corrected chi connectivity index (χ4v) is 7.11. The third-order valence-corrected chi connectivity index (χ3v) is 9.65. The van der Waals surface area contributed by atoms with Crippen molar-refractivity contribution in [3.05, 3.63) is 46.9 Å². The maximum atomic E-state index is 13.0. The third kappa shape index (κ3) is 6.54. The van der Waals surface area contributed by atoms with Crippen LogP contribution in [0.2, 0.25) is 5.02 Å². The standard InChI is InChI=1S/C21H23ClN6O6S3/c1-36(31,32)25-11-16-18(37(33,34)21-23-8-9-24-21)35-20(27-16)28-19(30)26-15-7-6-13(22)10-14(15)17(29)12-4-2-3-5-12/h6-10,12,25H,2-5,11H2,1H3,(H,23,24)(H2,26,27,28,30). The monoisotopic (exact) mass is 586 g/mol. The van der Waals surface area contributed by atoms with Gasteiger partial charge in [0.1, 0.15) is 0 Å². The lowest BCUT2D eigenvalue weighted by atomic mass is 9.95. The zero-order chi connectivity index (χ0) is 26.8. The highest BCUT2D eigenvalue weighted by molar-refractivity contribution is 7.93. The number of thiazole rings is 1. The second kappa shape index (κ2) is 10.9. The summed E-state index contributed by atoms with van der Waals surface area (Å²) in [6.07, 6.45) is 6.97. The van der Waals surface area contributed by atoms with Gasteiger partial charge in [-0.1, -0.05) is 35.8 Å². The Morgan fingerprint density at radius 1 is 1.16 bits per heavy atom. The number of nitrogens with zero attached hydrogens (tertiary/aromatic N) is 2. The number of ketones is 1. The number of H-pyrrole nitrogens is 1. The van der Waals surface area contributed by atoms with Crippen molar-refractivity contribution in [2.75, 3.05) is 16.9 Å². The van der Waals surface area contributed by atoms with Crippen LogP contribution in [-0.4, -0.2) is 49.9 Å². The number of urea groups is 1. The van der Waals surface area contributed by atoms with E-state index in [1.807, 2.05) is 0 Å². The Morgan fingerprint density at radius 3 is 2.54 bits per heavy atom. The summed E-state index contributed by atoms with van der Waals surface area (Å²) in [7, 11) is -7.84. The number of sulfone groups is 1. The Labute approximate surface area is 222 Å². The first-order chi connectivity index (χ1) is 17.4. The number of aromatic amines is 1. The first-order valence-electron chi connectivity index (χ1n) is 11.0. The van der Waals surface area contributed by atoms with Crippen molar-refractivity contribution in [3.63, 3.8) is 0 Å². The van der Waals surface area contributed by atoms with E-state index >= 15 is 0 Å². The maximum Gasteiger partial charge on any atom is 0.325 e. The van der Waals surface area contributed by atoms with Crippen molar-refractivity contribution in [2.45, 2.75) is 41.6 Å². The summed E-state index contributed by atoms with van der Waals surface area (Å²) in [4.78, 5) is 36.2. The predicted molar refractivity (Wildman–Crippen MR) is 138 cm³/mol. The number of carbonyl (C=O) groups excluding carboxylic acids is 2. The molecule has 1 saturated carbocycles. The van der Waals surface area contributed by atoms with Crippen LogP contribution in [0.4, 0.5) is 15.6 Å². The van der Waals surface area contributed by atoms with Crippen LogP contribution in [0.25, 0.3) is 0 Å². The summed E-state index contributed by atoms with van der Waals surface area (Å²) in [6, 6.07) is 3.78. The molecule has 1 aromatic carbocycles. The van der Waals surface area contributed by atoms with Gasteiger partial charge < -0.3 is 10.3 Å². The Morgan fingerprint density at radius 2 is 1.89 bits per heavy atom. The number of nitrogens with one attached hydrogen (secondary N) is 4. The summed E-state index contributed by atoms with van der Waals surface area (Å²) in [5.74, 6) is -0.245. The molecule has 12 nitrogen and oxygen atoms in total. The average Bonchev–Trinajstić information content (AvgIpc) is 3.59. The first kappa shape index (κ1) is 27.2. The second-order valence-corrected chi connectivity index (χ2v) is 13.7. The molecule has 4 N–H and O–H groups in total. The van der Waals surface area contributed by atoms with E-state index in [1.165, 1.54) is 30.6 Å². The molecule has 1 fully saturated rings. The quantitative estimate of drug-likeness (QED) is 0.275. The van der Waals surface area contributed by atoms with Crippen molar-refractivity contribution >= 4 is 65.4 Å². The van der Waals surface area contributed by atoms with Crippen LogP contribution in [0.1, 0.15) is 41.7 Å². The number of aromatic nitrogens is 3. The topological polar surface area (TPSA) is 180 Å². The molecule has 16 heteroatoms. The van der Waals surface area contributed by atoms with E-state index in [2.05, 4.69) is 30.3 Å². The van der Waals surface area contributed by atoms with Gasteiger partial charge in [-0.25, -0.2) is 36.3 Å². The molecular formula is C21H23ClN6O6S3. The maximum absolute atomic E-state index is 13.0. The molecule has 0 unspecified atom stereocenters. The van der Waals surface area contributed by atoms with Gasteiger partial charge in [0, 0.05) is 28.9 Å². The van der Waals surface area contributed by atoms with E-state index in [0.29, 0.717) is 16.4 Å². The van der Waals surface area contributed by atoms with Gasteiger partial charge in [-0.2, -0.15) is 0 Å². The van der Waals surface area contributed by atoms with E-state index in [1.54, 1.807) is 0 Å². The highest BCUT2D eigenvalue weighted by atomic mass is 35.5. The number of rotatable bonds is 9. The van der Waals surface area contributed by atoms with Crippen LogP contribution in [0, 0.1) is 5.92 Å². The molecule has 3 aromatic rings. The van der Waals surface area contributed by atoms with Gasteiger partial charge in [-0.15, -0.1) is 0 Å². The number of sulfonamides is 1. The lowest BCUT2D eigenvalue weighted by Gasteiger charge is -2.14. The van der Waals surface area contributed by atoms with Crippen LogP contribution in [0.15, 0.2) is 40.0 Å². The number of benzene rings is 1. The summed E-state index contributed by atoms with van der Waals surface area (Å²) >= 11 is 6.73. The number of imidazole rings is 1. The molecule has 0 spiro atoms. The summed E-state index contributed by atoms with van der Waals surface area (Å²) in [6.45, 7) is -0.425. The first-order valence-corrected chi connectivity index (χ1v) is 15.6. The minimum absolute atomic E-state index is 0.106. The van der Waals surface area contributed by atoms with Gasteiger partial charge >= 0.3 is 6.03 Å². The smallest absolute Gasteiger partial charge is 0.325 e. The summed E-state index contributed by atoms with van der Waals surface area (Å²) in [5, 5.41) is 4.94. The SMILES string of the molecule is CS(=O)(=O)NCc1nc(NC(=O)Nc2ccc(Cl)cc2C(=O)C2CCCC2)sc1S(=O)(=O)c1ncc[nH]1. The molecule has 2 aromatic heterocycles. The van der Waals surface area contributed by atoms with E-state index in [-0.39, 0.29) is 43.1 Å². The van der Waals surface area contributed by atoms with E-state index in [9.17, 15) is 26.4 Å². The van der Waals surface area contributed by atoms with Crippen LogP contribution < -0.4 is 15.4 Å². The zero-order valence-corrected chi connectivity index (χ0v) is 22.7. The van der Waals surface area contributed by atoms with Gasteiger partial charge in [-0.05, 0) is 31.0 Å². The van der Waals surface area contributed by atoms with Crippen molar-refractivity contribution in [3.8, 4) is 0 Å².